The number of carbonyl (C=O) groups is 1. The van der Waals surface area contributed by atoms with E-state index in [9.17, 15) is 4.79 Å². The van der Waals surface area contributed by atoms with Crippen LogP contribution in [-0.4, -0.2) is 6.29 Å². The molecular formula is C12H10BrNOS2. The zero-order valence-corrected chi connectivity index (χ0v) is 12.2. The highest BCUT2D eigenvalue weighted by atomic mass is 79.9. The molecule has 1 aliphatic carbocycles. The molecule has 2 aromatic heterocycles. The van der Waals surface area contributed by atoms with Gasteiger partial charge in [-0.2, -0.15) is 0 Å². The summed E-state index contributed by atoms with van der Waals surface area (Å²) in [5, 5.41) is 0.850. The summed E-state index contributed by atoms with van der Waals surface area (Å²) in [5.74, 6) is 0. The van der Waals surface area contributed by atoms with Crippen molar-refractivity contribution >= 4 is 49.9 Å². The van der Waals surface area contributed by atoms with Gasteiger partial charge in [-0.25, -0.2) is 0 Å². The molecule has 0 bridgehead atoms. The molecule has 0 saturated carbocycles. The van der Waals surface area contributed by atoms with Crippen molar-refractivity contribution in [1.29, 1.82) is 0 Å². The van der Waals surface area contributed by atoms with E-state index >= 15 is 0 Å². The lowest BCUT2D eigenvalue weighted by Crippen LogP contribution is -1.89. The summed E-state index contributed by atoms with van der Waals surface area (Å²) < 4.78 is 0.979. The average Bonchev–Trinajstić information content (AvgIpc) is 2.92. The molecule has 3 rings (SSSR count). The van der Waals surface area contributed by atoms with Crippen LogP contribution >= 0.6 is 38.6 Å². The van der Waals surface area contributed by atoms with E-state index in [2.05, 4.69) is 15.9 Å². The maximum atomic E-state index is 11.1. The Labute approximate surface area is 116 Å². The number of halogens is 1. The second kappa shape index (κ2) is 4.23. The first-order valence-electron chi connectivity index (χ1n) is 5.35. The molecule has 17 heavy (non-hydrogen) atoms. The van der Waals surface area contributed by atoms with E-state index in [1.165, 1.54) is 28.2 Å². The summed E-state index contributed by atoms with van der Waals surface area (Å²) >= 11 is 6.58. The lowest BCUT2D eigenvalue weighted by atomic mass is 10.0. The monoisotopic (exact) mass is 327 g/mol. The molecule has 2 heterocycles. The van der Waals surface area contributed by atoms with Crippen LogP contribution < -0.4 is 5.73 Å². The maximum Gasteiger partial charge on any atom is 0.160 e. The summed E-state index contributed by atoms with van der Waals surface area (Å²) in [4.78, 5) is 13.3. The summed E-state index contributed by atoms with van der Waals surface area (Å²) in [6.45, 7) is 0. The summed E-state index contributed by atoms with van der Waals surface area (Å²) in [6.07, 6.45) is 4.34. The fraction of sp³-hybridized carbons (Fsp3) is 0.250. The van der Waals surface area contributed by atoms with E-state index in [4.69, 9.17) is 5.73 Å². The van der Waals surface area contributed by atoms with Crippen molar-refractivity contribution in [1.82, 2.24) is 0 Å². The van der Waals surface area contributed by atoms with Crippen molar-refractivity contribution in [3.63, 3.8) is 0 Å². The molecule has 0 spiro atoms. The van der Waals surface area contributed by atoms with Gasteiger partial charge in [0.25, 0.3) is 0 Å². The predicted molar refractivity (Wildman–Crippen MR) is 77.2 cm³/mol. The third-order valence-corrected chi connectivity index (χ3v) is 5.74. The van der Waals surface area contributed by atoms with E-state index in [1.807, 2.05) is 6.07 Å². The maximum absolute atomic E-state index is 11.1. The Hall–Kier alpha value is -0.650. The lowest BCUT2D eigenvalue weighted by molar-refractivity contribution is 0.112. The average molecular weight is 328 g/mol. The van der Waals surface area contributed by atoms with Crippen LogP contribution in [0.3, 0.4) is 0 Å². The van der Waals surface area contributed by atoms with Crippen LogP contribution in [0, 0.1) is 0 Å². The molecule has 0 aliphatic heterocycles. The Morgan fingerprint density at radius 1 is 1.35 bits per heavy atom. The number of hydrogen-bond acceptors (Lipinski definition) is 4. The first kappa shape index (κ1) is 11.4. The third kappa shape index (κ3) is 1.77. The minimum absolute atomic E-state index is 0.760. The number of carbonyl (C=O) groups excluding carboxylic acids is 1. The van der Waals surface area contributed by atoms with Gasteiger partial charge in [-0.1, -0.05) is 0 Å². The number of thiophene rings is 2. The Morgan fingerprint density at radius 3 is 2.94 bits per heavy atom. The highest BCUT2D eigenvalue weighted by Crippen LogP contribution is 2.46. The standard InChI is InChI=1S/C12H10BrNOS2/c13-10-4-7(9(5-15)16-10)11-6-2-1-3-8(6)17-12(11)14/h4-5H,1-3,14H2. The number of aldehydes is 1. The summed E-state index contributed by atoms with van der Waals surface area (Å²) in [6, 6.07) is 2.01. The fourth-order valence-corrected chi connectivity index (χ4v) is 5.01. The quantitative estimate of drug-likeness (QED) is 0.843. The molecule has 88 valence electrons. The van der Waals surface area contributed by atoms with Crippen molar-refractivity contribution in [2.24, 2.45) is 0 Å². The number of fused-ring (bicyclic) bond motifs is 1. The lowest BCUT2D eigenvalue weighted by Gasteiger charge is -2.02. The molecule has 1 aliphatic rings. The van der Waals surface area contributed by atoms with Crippen molar-refractivity contribution in [3.8, 4) is 11.1 Å². The molecule has 0 amide bonds. The minimum atomic E-state index is 0.760. The Balaban J connectivity index is 2.24. The van der Waals surface area contributed by atoms with Gasteiger partial charge in [0.05, 0.1) is 13.7 Å². The fourth-order valence-electron chi connectivity index (χ4n) is 2.38. The topological polar surface area (TPSA) is 43.1 Å². The van der Waals surface area contributed by atoms with Gasteiger partial charge in [0.1, 0.15) is 0 Å². The van der Waals surface area contributed by atoms with Crippen LogP contribution in [0.4, 0.5) is 5.00 Å². The first-order valence-corrected chi connectivity index (χ1v) is 7.78. The van der Waals surface area contributed by atoms with Crippen LogP contribution in [0.2, 0.25) is 0 Å². The van der Waals surface area contributed by atoms with Crippen molar-refractivity contribution < 1.29 is 4.79 Å². The van der Waals surface area contributed by atoms with Crippen molar-refractivity contribution in [3.05, 3.63) is 25.2 Å². The minimum Gasteiger partial charge on any atom is -0.390 e. The molecular weight excluding hydrogens is 318 g/mol. The number of aryl methyl sites for hydroxylation is 1. The number of nitrogen functional groups attached to an aromatic ring is 1. The molecule has 0 fully saturated rings. The van der Waals surface area contributed by atoms with Gasteiger partial charge in [-0.15, -0.1) is 22.7 Å². The normalized spacial score (nSPS) is 13.9. The van der Waals surface area contributed by atoms with Crippen molar-refractivity contribution in [2.45, 2.75) is 19.3 Å². The smallest absolute Gasteiger partial charge is 0.160 e. The number of rotatable bonds is 2. The molecule has 0 atom stereocenters. The second-order valence-corrected chi connectivity index (χ2v) is 7.64. The number of anilines is 1. The SMILES string of the molecule is Nc1sc2c(c1-c1cc(Br)sc1C=O)CCC2. The second-order valence-electron chi connectivity index (χ2n) is 4.04. The van der Waals surface area contributed by atoms with Gasteiger partial charge in [0.2, 0.25) is 0 Å². The van der Waals surface area contributed by atoms with Gasteiger partial charge in [-0.05, 0) is 46.8 Å². The zero-order chi connectivity index (χ0) is 12.0. The Kier molecular flexibility index (Phi) is 2.84. The van der Waals surface area contributed by atoms with Crippen LogP contribution in [0.15, 0.2) is 9.85 Å². The summed E-state index contributed by atoms with van der Waals surface area (Å²) in [5.41, 5.74) is 9.57. The van der Waals surface area contributed by atoms with E-state index in [0.29, 0.717) is 0 Å². The summed E-state index contributed by atoms with van der Waals surface area (Å²) in [7, 11) is 0. The highest BCUT2D eigenvalue weighted by molar-refractivity contribution is 9.11. The molecule has 2 aromatic rings. The van der Waals surface area contributed by atoms with E-state index < -0.39 is 0 Å². The van der Waals surface area contributed by atoms with E-state index in [0.717, 1.165) is 43.9 Å². The molecule has 0 saturated heterocycles. The van der Waals surface area contributed by atoms with Gasteiger partial charge in [-0.3, -0.25) is 4.79 Å². The third-order valence-electron chi connectivity index (χ3n) is 3.06. The van der Waals surface area contributed by atoms with Gasteiger partial charge in [0, 0.05) is 16.0 Å². The van der Waals surface area contributed by atoms with Crippen LogP contribution in [0.5, 0.6) is 0 Å². The highest BCUT2D eigenvalue weighted by Gasteiger charge is 2.24. The van der Waals surface area contributed by atoms with Gasteiger partial charge < -0.3 is 5.73 Å². The molecule has 0 unspecified atom stereocenters. The molecule has 2 nitrogen and oxygen atoms in total. The van der Waals surface area contributed by atoms with Crippen LogP contribution in [0.25, 0.3) is 11.1 Å². The van der Waals surface area contributed by atoms with E-state index in [-0.39, 0.29) is 0 Å². The largest absolute Gasteiger partial charge is 0.390 e. The number of nitrogens with two attached hydrogens (primary N) is 1. The van der Waals surface area contributed by atoms with E-state index in [1.54, 1.807) is 11.3 Å². The molecule has 0 radical (unpaired) electrons. The Bertz CT molecular complexity index is 600. The predicted octanol–water partition coefficient (Wildman–Crippen LogP) is 4.12. The molecule has 2 N–H and O–H groups in total. The Morgan fingerprint density at radius 2 is 2.18 bits per heavy atom. The molecule has 5 heteroatoms. The van der Waals surface area contributed by atoms with Gasteiger partial charge in [0.15, 0.2) is 6.29 Å². The molecule has 0 aromatic carbocycles. The number of hydrogen-bond donors (Lipinski definition) is 1. The van der Waals surface area contributed by atoms with Crippen LogP contribution in [0.1, 0.15) is 26.5 Å². The first-order chi connectivity index (χ1) is 8.20. The van der Waals surface area contributed by atoms with Crippen LogP contribution in [-0.2, 0) is 12.8 Å². The van der Waals surface area contributed by atoms with Crippen molar-refractivity contribution in [2.75, 3.05) is 5.73 Å². The zero-order valence-electron chi connectivity index (χ0n) is 8.96. The van der Waals surface area contributed by atoms with Gasteiger partial charge >= 0.3 is 0 Å².